The minimum atomic E-state index is -0.537. The Kier molecular flexibility index (Phi) is 3.14. The van der Waals surface area contributed by atoms with Crippen LogP contribution in [0.4, 0.5) is 5.82 Å². The molecule has 0 spiro atoms. The van der Waals surface area contributed by atoms with Crippen molar-refractivity contribution in [2.75, 3.05) is 18.0 Å². The Bertz CT molecular complexity index is 411. The third-order valence-corrected chi connectivity index (χ3v) is 3.94. The molecule has 2 rings (SSSR count). The van der Waals surface area contributed by atoms with Crippen LogP contribution in [0.1, 0.15) is 40.2 Å². The van der Waals surface area contributed by atoms with E-state index in [1.165, 1.54) is 5.56 Å². The van der Waals surface area contributed by atoms with E-state index in [9.17, 15) is 5.11 Å². The molecular weight excluding hydrogens is 224 g/mol. The molecule has 1 N–H and O–H groups in total. The average molecular weight is 248 g/mol. The molecule has 100 valence electrons. The molecule has 3 heteroatoms. The highest BCUT2D eigenvalue weighted by molar-refractivity contribution is 5.45. The van der Waals surface area contributed by atoms with Crippen molar-refractivity contribution >= 4 is 5.82 Å². The lowest BCUT2D eigenvalue weighted by Crippen LogP contribution is -2.65. The molecule has 0 aliphatic carbocycles. The van der Waals surface area contributed by atoms with Gasteiger partial charge in [-0.3, -0.25) is 0 Å². The Balaban J connectivity index is 2.05. The van der Waals surface area contributed by atoms with Crippen molar-refractivity contribution in [3.8, 4) is 0 Å². The van der Waals surface area contributed by atoms with E-state index >= 15 is 0 Å². The second-order valence-electron chi connectivity index (χ2n) is 6.77. The molecule has 3 nitrogen and oxygen atoms in total. The second-order valence-corrected chi connectivity index (χ2v) is 6.77. The molecule has 0 bridgehead atoms. The molecule has 0 saturated carbocycles. The largest absolute Gasteiger partial charge is 0.386 e. The normalized spacial score (nSPS) is 18.9. The van der Waals surface area contributed by atoms with Gasteiger partial charge in [-0.25, -0.2) is 4.98 Å². The summed E-state index contributed by atoms with van der Waals surface area (Å²) in [4.78, 5) is 6.64. The van der Waals surface area contributed by atoms with Gasteiger partial charge in [-0.1, -0.05) is 40.7 Å². The summed E-state index contributed by atoms with van der Waals surface area (Å²) >= 11 is 0. The number of nitrogens with zero attached hydrogens (tertiary/aromatic N) is 2. The van der Waals surface area contributed by atoms with Crippen LogP contribution in [0, 0.1) is 5.92 Å². The Morgan fingerprint density at radius 1 is 1.28 bits per heavy atom. The Labute approximate surface area is 110 Å². The van der Waals surface area contributed by atoms with Gasteiger partial charge in [0.05, 0.1) is 13.1 Å². The molecule has 18 heavy (non-hydrogen) atoms. The smallest absolute Gasteiger partial charge is 0.128 e. The zero-order valence-electron chi connectivity index (χ0n) is 12.1. The summed E-state index contributed by atoms with van der Waals surface area (Å²) < 4.78 is 0. The zero-order chi connectivity index (χ0) is 13.6. The molecule has 2 heterocycles. The first-order valence-electron chi connectivity index (χ1n) is 6.66. The maximum Gasteiger partial charge on any atom is 0.128 e. The zero-order valence-corrected chi connectivity index (χ0v) is 12.1. The molecule has 1 aromatic heterocycles. The summed E-state index contributed by atoms with van der Waals surface area (Å²) in [5.41, 5.74) is 0.842. The fourth-order valence-corrected chi connectivity index (χ4v) is 2.16. The van der Waals surface area contributed by atoms with E-state index < -0.39 is 5.60 Å². The van der Waals surface area contributed by atoms with Gasteiger partial charge in [0.2, 0.25) is 0 Å². The molecule has 1 fully saturated rings. The SMILES string of the molecule is CC(C)C1(O)CN(c2ccc(C(C)(C)C)cn2)C1. The van der Waals surface area contributed by atoms with Gasteiger partial charge in [0, 0.05) is 6.20 Å². The molecule has 1 aromatic rings. The quantitative estimate of drug-likeness (QED) is 0.874. The monoisotopic (exact) mass is 248 g/mol. The van der Waals surface area contributed by atoms with Gasteiger partial charge in [-0.2, -0.15) is 0 Å². The topological polar surface area (TPSA) is 36.4 Å². The van der Waals surface area contributed by atoms with Crippen LogP contribution in [0.5, 0.6) is 0 Å². The lowest BCUT2D eigenvalue weighted by molar-refractivity contribution is -0.0304. The Hall–Kier alpha value is -1.09. The van der Waals surface area contributed by atoms with Crippen LogP contribution < -0.4 is 4.90 Å². The van der Waals surface area contributed by atoms with Crippen molar-refractivity contribution in [3.63, 3.8) is 0 Å². The molecule has 1 saturated heterocycles. The van der Waals surface area contributed by atoms with Gasteiger partial charge in [0.15, 0.2) is 0 Å². The van der Waals surface area contributed by atoms with E-state index in [-0.39, 0.29) is 5.41 Å². The van der Waals surface area contributed by atoms with Gasteiger partial charge in [-0.05, 0) is 23.0 Å². The third kappa shape index (κ3) is 2.37. The van der Waals surface area contributed by atoms with Gasteiger partial charge in [0.25, 0.3) is 0 Å². The predicted octanol–water partition coefficient (Wildman–Crippen LogP) is 2.59. The van der Waals surface area contributed by atoms with E-state index in [0.29, 0.717) is 19.0 Å². The van der Waals surface area contributed by atoms with Crippen LogP contribution in [-0.4, -0.2) is 28.8 Å². The summed E-state index contributed by atoms with van der Waals surface area (Å²) in [7, 11) is 0. The summed E-state index contributed by atoms with van der Waals surface area (Å²) in [6, 6.07) is 4.19. The average Bonchev–Trinajstić information content (AvgIpc) is 2.23. The molecule has 1 aliphatic rings. The number of aliphatic hydroxyl groups is 1. The maximum absolute atomic E-state index is 10.2. The first-order valence-corrected chi connectivity index (χ1v) is 6.66. The number of aromatic nitrogens is 1. The highest BCUT2D eigenvalue weighted by Gasteiger charge is 2.44. The van der Waals surface area contributed by atoms with Gasteiger partial charge < -0.3 is 10.0 Å². The van der Waals surface area contributed by atoms with E-state index in [1.54, 1.807) is 0 Å². The molecule has 0 unspecified atom stereocenters. The van der Waals surface area contributed by atoms with E-state index in [0.717, 1.165) is 5.82 Å². The highest BCUT2D eigenvalue weighted by Crippen LogP contribution is 2.32. The van der Waals surface area contributed by atoms with E-state index in [4.69, 9.17) is 0 Å². The standard InChI is InChI=1S/C15H24N2O/c1-11(2)15(18)9-17(10-15)13-7-6-12(8-16-13)14(3,4)5/h6-8,11,18H,9-10H2,1-5H3. The predicted molar refractivity (Wildman–Crippen MR) is 74.9 cm³/mol. The molecule has 0 aromatic carbocycles. The fourth-order valence-electron chi connectivity index (χ4n) is 2.16. The van der Waals surface area contributed by atoms with Crippen LogP contribution in [-0.2, 0) is 5.41 Å². The number of hydrogen-bond acceptors (Lipinski definition) is 3. The third-order valence-electron chi connectivity index (χ3n) is 3.94. The van der Waals surface area contributed by atoms with Crippen LogP contribution in [0.15, 0.2) is 18.3 Å². The van der Waals surface area contributed by atoms with E-state index in [1.807, 2.05) is 6.20 Å². The summed E-state index contributed by atoms with van der Waals surface area (Å²) in [6.07, 6.45) is 1.95. The molecule has 0 atom stereocenters. The van der Waals surface area contributed by atoms with E-state index in [2.05, 4.69) is 56.6 Å². The van der Waals surface area contributed by atoms with Crippen molar-refractivity contribution < 1.29 is 5.11 Å². The minimum absolute atomic E-state index is 0.138. The maximum atomic E-state index is 10.2. The summed E-state index contributed by atoms with van der Waals surface area (Å²) in [5, 5.41) is 10.2. The molecule has 1 aliphatic heterocycles. The number of β-amino-alcohol motifs (C(OH)–C–C–N with tert-alkyl or cyclic N) is 1. The van der Waals surface area contributed by atoms with Gasteiger partial charge >= 0.3 is 0 Å². The van der Waals surface area contributed by atoms with Crippen molar-refractivity contribution in [2.24, 2.45) is 5.92 Å². The number of pyridine rings is 1. The minimum Gasteiger partial charge on any atom is -0.386 e. The van der Waals surface area contributed by atoms with Crippen molar-refractivity contribution in [3.05, 3.63) is 23.9 Å². The Morgan fingerprint density at radius 2 is 1.89 bits per heavy atom. The van der Waals surface area contributed by atoms with Gasteiger partial charge in [-0.15, -0.1) is 0 Å². The lowest BCUT2D eigenvalue weighted by atomic mass is 9.83. The molecular formula is C15H24N2O. The van der Waals surface area contributed by atoms with Crippen LogP contribution in [0.3, 0.4) is 0 Å². The van der Waals surface area contributed by atoms with Crippen molar-refractivity contribution in [1.82, 2.24) is 4.98 Å². The summed E-state index contributed by atoms with van der Waals surface area (Å²) in [5.74, 6) is 1.26. The highest BCUT2D eigenvalue weighted by atomic mass is 16.3. The second kappa shape index (κ2) is 4.23. The van der Waals surface area contributed by atoms with Crippen molar-refractivity contribution in [1.29, 1.82) is 0 Å². The Morgan fingerprint density at radius 3 is 2.28 bits per heavy atom. The van der Waals surface area contributed by atoms with Crippen LogP contribution in [0.25, 0.3) is 0 Å². The van der Waals surface area contributed by atoms with Crippen LogP contribution in [0.2, 0.25) is 0 Å². The molecule has 0 radical (unpaired) electrons. The molecule has 0 amide bonds. The number of rotatable bonds is 2. The first kappa shape index (κ1) is 13.3. The van der Waals surface area contributed by atoms with Crippen molar-refractivity contribution in [2.45, 2.75) is 45.6 Å². The lowest BCUT2D eigenvalue weighted by Gasteiger charge is -2.49. The fraction of sp³-hybridized carbons (Fsp3) is 0.667. The first-order chi connectivity index (χ1) is 8.22. The number of anilines is 1. The summed E-state index contributed by atoms with van der Waals surface area (Å²) in [6.45, 7) is 12.1. The number of hydrogen-bond donors (Lipinski definition) is 1. The van der Waals surface area contributed by atoms with Crippen LogP contribution >= 0.6 is 0 Å². The van der Waals surface area contributed by atoms with Gasteiger partial charge in [0.1, 0.15) is 11.4 Å².